The van der Waals surface area contributed by atoms with Crippen LogP contribution < -0.4 is 5.43 Å². The van der Waals surface area contributed by atoms with E-state index in [0.717, 1.165) is 5.56 Å². The number of nitrogens with zero attached hydrogens (tertiary/aromatic N) is 1. The molecule has 1 aromatic rings. The molecule has 0 unspecified atom stereocenters. The smallest absolute Gasteiger partial charge is 0.201 e. The number of fused-ring (bicyclic) bond motifs is 2. The van der Waals surface area contributed by atoms with Crippen molar-refractivity contribution in [1.82, 2.24) is 4.98 Å². The van der Waals surface area contributed by atoms with Crippen molar-refractivity contribution in [3.8, 4) is 11.5 Å². The van der Waals surface area contributed by atoms with E-state index >= 15 is 0 Å². The minimum atomic E-state index is -0.278. The summed E-state index contributed by atoms with van der Waals surface area (Å²) in [5, 5.41) is 0.749. The van der Waals surface area contributed by atoms with Crippen molar-refractivity contribution in [3.63, 3.8) is 0 Å². The number of halogens is 2. The zero-order chi connectivity index (χ0) is 14.9. The zero-order valence-corrected chi connectivity index (χ0v) is 12.8. The van der Waals surface area contributed by atoms with Gasteiger partial charge in [-0.3, -0.25) is 4.79 Å². The maximum atomic E-state index is 11.4. The largest absolute Gasteiger partial charge is 0.453 e. The van der Waals surface area contributed by atoms with Crippen molar-refractivity contribution in [3.05, 3.63) is 50.1 Å². The van der Waals surface area contributed by atoms with Crippen LogP contribution in [0.3, 0.4) is 0 Å². The number of hydrogen-bond acceptors (Lipinski definition) is 3. The lowest BCUT2D eigenvalue weighted by Gasteiger charge is -2.07. The molecule has 3 nitrogen and oxygen atoms in total. The normalized spacial score (nSPS) is 10.4. The molecule has 1 aromatic carbocycles. The molecule has 0 radical (unpaired) electrons. The summed E-state index contributed by atoms with van der Waals surface area (Å²) in [6, 6.07) is 6.36. The van der Waals surface area contributed by atoms with Crippen LogP contribution >= 0.6 is 23.2 Å². The number of benzene rings is 2. The lowest BCUT2D eigenvalue weighted by atomic mass is 10.2. The van der Waals surface area contributed by atoms with Crippen LogP contribution in [0.2, 0.25) is 10.0 Å². The third-order valence-corrected chi connectivity index (χ3v) is 3.42. The minimum absolute atomic E-state index is 0.128. The van der Waals surface area contributed by atoms with Gasteiger partial charge in [0.25, 0.3) is 0 Å². The van der Waals surface area contributed by atoms with Crippen LogP contribution in [-0.4, -0.2) is 4.98 Å². The molecule has 1 heterocycles. The predicted octanol–water partition coefficient (Wildman–Crippen LogP) is 4.93. The number of hydrogen-bond donors (Lipinski definition) is 0. The van der Waals surface area contributed by atoms with Gasteiger partial charge in [0.15, 0.2) is 11.3 Å². The zero-order valence-electron chi connectivity index (χ0n) is 11.3. The fourth-order valence-electron chi connectivity index (χ4n) is 1.76. The Labute approximate surface area is 126 Å². The van der Waals surface area contributed by atoms with Gasteiger partial charge in [-0.1, -0.05) is 37.0 Å². The molecule has 3 rings (SSSR count). The van der Waals surface area contributed by atoms with Crippen LogP contribution in [0.4, 0.5) is 0 Å². The average Bonchev–Trinajstić information content (AvgIpc) is 2.42. The number of aromatic nitrogens is 1. The SMILES string of the molecule is CC.Cc1cc2oc3cc(=O)c(Cl)cc-3nc2cc1Cl. The van der Waals surface area contributed by atoms with Gasteiger partial charge >= 0.3 is 0 Å². The summed E-state index contributed by atoms with van der Waals surface area (Å²) < 4.78 is 5.64. The Morgan fingerprint density at radius 1 is 1.05 bits per heavy atom. The summed E-state index contributed by atoms with van der Waals surface area (Å²) in [4.78, 5) is 15.8. The van der Waals surface area contributed by atoms with Gasteiger partial charge in [0.2, 0.25) is 5.43 Å². The molecule has 5 heteroatoms. The molecule has 104 valence electrons. The van der Waals surface area contributed by atoms with Gasteiger partial charge in [-0.15, -0.1) is 0 Å². The molecule has 0 fully saturated rings. The highest BCUT2D eigenvalue weighted by atomic mass is 35.5. The van der Waals surface area contributed by atoms with Gasteiger partial charge in [0.1, 0.15) is 11.2 Å². The quantitative estimate of drug-likeness (QED) is 0.553. The van der Waals surface area contributed by atoms with Crippen LogP contribution in [0.25, 0.3) is 22.6 Å². The van der Waals surface area contributed by atoms with E-state index in [1.54, 1.807) is 12.1 Å². The molecule has 0 saturated carbocycles. The molecule has 0 saturated heterocycles. The van der Waals surface area contributed by atoms with Crippen LogP contribution in [0.5, 0.6) is 0 Å². The average molecular weight is 310 g/mol. The Morgan fingerprint density at radius 3 is 2.45 bits per heavy atom. The Hall–Kier alpha value is -1.58. The second-order valence-corrected chi connectivity index (χ2v) is 4.85. The number of rotatable bonds is 0. The highest BCUT2D eigenvalue weighted by Gasteiger charge is 2.12. The Morgan fingerprint density at radius 2 is 1.75 bits per heavy atom. The Bertz CT molecular complexity index is 796. The monoisotopic (exact) mass is 309 g/mol. The number of aryl methyl sites for hydroxylation is 1. The van der Waals surface area contributed by atoms with Crippen molar-refractivity contribution in [2.45, 2.75) is 20.8 Å². The van der Waals surface area contributed by atoms with Crippen LogP contribution in [0.1, 0.15) is 19.4 Å². The maximum absolute atomic E-state index is 11.4. The molecule has 2 aliphatic rings. The van der Waals surface area contributed by atoms with Crippen LogP contribution in [-0.2, 0) is 0 Å². The van der Waals surface area contributed by atoms with Crippen molar-refractivity contribution in [2.75, 3.05) is 0 Å². The molecule has 0 aromatic heterocycles. The molecular weight excluding hydrogens is 297 g/mol. The van der Waals surface area contributed by atoms with Crippen molar-refractivity contribution in [1.29, 1.82) is 0 Å². The highest BCUT2D eigenvalue weighted by Crippen LogP contribution is 2.28. The lowest BCUT2D eigenvalue weighted by Crippen LogP contribution is -2.02. The standard InChI is InChI=1S/C13H7Cl2NO2.C2H6/c1-6-2-12-9(3-7(6)14)16-10-4-8(15)11(17)5-13(10)18-12;1-2/h2-5H,1H3;1-2H3. The second kappa shape index (κ2) is 5.81. The Kier molecular flexibility index (Phi) is 4.31. The summed E-state index contributed by atoms with van der Waals surface area (Å²) in [5.74, 6) is 0.415. The van der Waals surface area contributed by atoms with Crippen LogP contribution in [0, 0.1) is 6.92 Å². The van der Waals surface area contributed by atoms with Crippen molar-refractivity contribution >= 4 is 34.3 Å². The van der Waals surface area contributed by atoms with E-state index in [2.05, 4.69) is 4.98 Å². The molecule has 0 N–H and O–H groups in total. The van der Waals surface area contributed by atoms with Gasteiger partial charge < -0.3 is 4.42 Å². The molecule has 0 atom stereocenters. The molecule has 1 aliphatic heterocycles. The fourth-order valence-corrected chi connectivity index (χ4v) is 2.07. The second-order valence-electron chi connectivity index (χ2n) is 4.03. The summed E-state index contributed by atoms with van der Waals surface area (Å²) in [6.07, 6.45) is 0. The molecule has 0 spiro atoms. The van der Waals surface area contributed by atoms with Crippen LogP contribution in [0.15, 0.2) is 33.5 Å². The van der Waals surface area contributed by atoms with E-state index in [1.807, 2.05) is 20.8 Å². The van der Waals surface area contributed by atoms with E-state index in [1.165, 1.54) is 12.1 Å². The van der Waals surface area contributed by atoms with E-state index in [9.17, 15) is 4.79 Å². The minimum Gasteiger partial charge on any atom is -0.453 e. The van der Waals surface area contributed by atoms with Crippen molar-refractivity contribution < 1.29 is 4.42 Å². The molecule has 1 aliphatic carbocycles. The first-order chi connectivity index (χ1) is 9.54. The molecule has 20 heavy (non-hydrogen) atoms. The third-order valence-electron chi connectivity index (χ3n) is 2.71. The summed E-state index contributed by atoms with van der Waals surface area (Å²) in [6.45, 7) is 5.88. The Balaban J connectivity index is 0.000000704. The summed E-state index contributed by atoms with van der Waals surface area (Å²) in [7, 11) is 0. The predicted molar refractivity (Wildman–Crippen MR) is 83.0 cm³/mol. The first-order valence-electron chi connectivity index (χ1n) is 6.25. The molecular formula is C15H13Cl2NO2. The van der Waals surface area contributed by atoms with Gasteiger partial charge in [-0.2, -0.15) is 0 Å². The maximum Gasteiger partial charge on any atom is 0.201 e. The van der Waals surface area contributed by atoms with E-state index in [4.69, 9.17) is 27.6 Å². The van der Waals surface area contributed by atoms with E-state index < -0.39 is 0 Å². The van der Waals surface area contributed by atoms with E-state index in [0.29, 0.717) is 27.6 Å². The third kappa shape index (κ3) is 2.65. The van der Waals surface area contributed by atoms with Gasteiger partial charge in [0, 0.05) is 11.1 Å². The first-order valence-corrected chi connectivity index (χ1v) is 7.00. The molecule has 0 bridgehead atoms. The van der Waals surface area contributed by atoms with Crippen molar-refractivity contribution in [2.24, 2.45) is 0 Å². The highest BCUT2D eigenvalue weighted by molar-refractivity contribution is 6.32. The first kappa shape index (κ1) is 14.8. The summed E-state index contributed by atoms with van der Waals surface area (Å²) >= 11 is 11.8. The summed E-state index contributed by atoms with van der Waals surface area (Å²) in [5.41, 5.74) is 2.37. The lowest BCUT2D eigenvalue weighted by molar-refractivity contribution is 0.612. The van der Waals surface area contributed by atoms with E-state index in [-0.39, 0.29) is 10.5 Å². The van der Waals surface area contributed by atoms with Gasteiger partial charge in [-0.05, 0) is 30.7 Å². The van der Waals surface area contributed by atoms with Gasteiger partial charge in [0.05, 0.1) is 5.02 Å². The fraction of sp³-hybridized carbons (Fsp3) is 0.200. The topological polar surface area (TPSA) is 43.1 Å². The molecule has 0 amide bonds. The van der Waals surface area contributed by atoms with Gasteiger partial charge in [-0.25, -0.2) is 4.98 Å².